The van der Waals surface area contributed by atoms with Crippen molar-refractivity contribution in [3.8, 4) is 5.75 Å². The van der Waals surface area contributed by atoms with Crippen molar-refractivity contribution in [3.05, 3.63) is 65.2 Å². The van der Waals surface area contributed by atoms with Gasteiger partial charge in [0.1, 0.15) is 5.75 Å². The Morgan fingerprint density at radius 2 is 1.90 bits per heavy atom. The van der Waals surface area contributed by atoms with E-state index in [2.05, 4.69) is 25.1 Å². The van der Waals surface area contributed by atoms with Crippen LogP contribution in [0.2, 0.25) is 0 Å². The Bertz CT molecular complexity index is 602. The van der Waals surface area contributed by atoms with E-state index in [-0.39, 0.29) is 11.7 Å². The molecular formula is C18H20O2. The summed E-state index contributed by atoms with van der Waals surface area (Å²) >= 11 is 0. The Kier molecular flexibility index (Phi) is 4.57. The molecule has 2 heteroatoms. The van der Waals surface area contributed by atoms with Crippen LogP contribution in [0.1, 0.15) is 28.4 Å². The van der Waals surface area contributed by atoms with Crippen molar-refractivity contribution in [1.82, 2.24) is 0 Å². The van der Waals surface area contributed by atoms with Gasteiger partial charge in [0.2, 0.25) is 0 Å². The maximum absolute atomic E-state index is 12.4. The summed E-state index contributed by atoms with van der Waals surface area (Å²) in [5, 5.41) is 0. The second-order valence-electron chi connectivity index (χ2n) is 5.19. The normalized spacial score (nSPS) is 11.9. The molecule has 0 saturated carbocycles. The predicted octanol–water partition coefficient (Wildman–Crippen LogP) is 4.07. The number of rotatable bonds is 5. The lowest BCUT2D eigenvalue weighted by molar-refractivity contribution is 0.0929. The third-order valence-corrected chi connectivity index (χ3v) is 3.43. The van der Waals surface area contributed by atoms with Crippen LogP contribution < -0.4 is 4.74 Å². The quantitative estimate of drug-likeness (QED) is 0.764. The predicted molar refractivity (Wildman–Crippen MR) is 81.4 cm³/mol. The van der Waals surface area contributed by atoms with E-state index >= 15 is 0 Å². The van der Waals surface area contributed by atoms with Crippen LogP contribution in [0.3, 0.4) is 0 Å². The molecule has 2 aromatic rings. The monoisotopic (exact) mass is 268 g/mol. The molecule has 0 aliphatic carbocycles. The van der Waals surface area contributed by atoms with Gasteiger partial charge in [0.25, 0.3) is 0 Å². The summed E-state index contributed by atoms with van der Waals surface area (Å²) in [6.07, 6.45) is 0.762. The summed E-state index contributed by atoms with van der Waals surface area (Å²) in [7, 11) is 1.61. The van der Waals surface area contributed by atoms with Crippen molar-refractivity contribution in [2.45, 2.75) is 20.3 Å². The van der Waals surface area contributed by atoms with Crippen molar-refractivity contribution in [2.24, 2.45) is 5.92 Å². The van der Waals surface area contributed by atoms with Gasteiger partial charge in [-0.3, -0.25) is 4.79 Å². The molecule has 0 spiro atoms. The molecule has 20 heavy (non-hydrogen) atoms. The lowest BCUT2D eigenvalue weighted by Crippen LogP contribution is -2.14. The maximum Gasteiger partial charge on any atom is 0.166 e. The number of carbonyl (C=O) groups excluding carboxylic acids is 1. The van der Waals surface area contributed by atoms with E-state index in [9.17, 15) is 4.79 Å². The highest BCUT2D eigenvalue weighted by atomic mass is 16.5. The first kappa shape index (κ1) is 14.3. The Morgan fingerprint density at radius 1 is 1.15 bits per heavy atom. The molecule has 0 fully saturated rings. The summed E-state index contributed by atoms with van der Waals surface area (Å²) < 4.78 is 5.17. The highest BCUT2D eigenvalue weighted by Gasteiger charge is 2.16. The second-order valence-corrected chi connectivity index (χ2v) is 5.19. The molecule has 0 aliphatic heterocycles. The molecule has 2 aromatic carbocycles. The minimum Gasteiger partial charge on any atom is -0.497 e. The van der Waals surface area contributed by atoms with Crippen LogP contribution in [0.25, 0.3) is 0 Å². The summed E-state index contributed by atoms with van der Waals surface area (Å²) in [4.78, 5) is 12.4. The first-order valence-corrected chi connectivity index (χ1v) is 6.84. The van der Waals surface area contributed by atoms with Gasteiger partial charge < -0.3 is 4.74 Å². The molecule has 2 rings (SSSR count). The molecule has 0 radical (unpaired) electrons. The molecule has 1 atom stereocenters. The van der Waals surface area contributed by atoms with E-state index in [1.165, 1.54) is 11.1 Å². The highest BCUT2D eigenvalue weighted by Crippen LogP contribution is 2.19. The number of carbonyl (C=O) groups is 1. The van der Waals surface area contributed by atoms with Crippen LogP contribution >= 0.6 is 0 Å². The number of hydrogen-bond acceptors (Lipinski definition) is 2. The van der Waals surface area contributed by atoms with E-state index < -0.39 is 0 Å². The SMILES string of the molecule is COc1cccc(C(=O)C(C)Cc2cccc(C)c2)c1. The molecule has 0 aromatic heterocycles. The van der Waals surface area contributed by atoms with Gasteiger partial charge in [-0.1, -0.05) is 48.9 Å². The summed E-state index contributed by atoms with van der Waals surface area (Å²) in [5.74, 6) is 0.841. The zero-order valence-electron chi connectivity index (χ0n) is 12.2. The largest absolute Gasteiger partial charge is 0.497 e. The van der Waals surface area contributed by atoms with E-state index in [0.717, 1.165) is 12.2 Å². The molecular weight excluding hydrogens is 248 g/mol. The molecule has 0 heterocycles. The topological polar surface area (TPSA) is 26.3 Å². The Labute approximate surface area is 120 Å². The van der Waals surface area contributed by atoms with Gasteiger partial charge in [0.15, 0.2) is 5.78 Å². The fraction of sp³-hybridized carbons (Fsp3) is 0.278. The van der Waals surface area contributed by atoms with Gasteiger partial charge in [-0.25, -0.2) is 0 Å². The summed E-state index contributed by atoms with van der Waals surface area (Å²) in [6.45, 7) is 4.04. The van der Waals surface area contributed by atoms with Crippen molar-refractivity contribution in [1.29, 1.82) is 0 Å². The minimum atomic E-state index is -0.0380. The van der Waals surface area contributed by atoms with Crippen LogP contribution in [0.15, 0.2) is 48.5 Å². The Hall–Kier alpha value is -2.09. The number of benzene rings is 2. The fourth-order valence-corrected chi connectivity index (χ4v) is 2.35. The average Bonchev–Trinajstić information content (AvgIpc) is 2.46. The van der Waals surface area contributed by atoms with E-state index in [1.807, 2.05) is 31.2 Å². The second kappa shape index (κ2) is 6.38. The minimum absolute atomic E-state index is 0.0380. The van der Waals surface area contributed by atoms with Gasteiger partial charge in [0.05, 0.1) is 7.11 Å². The fourth-order valence-electron chi connectivity index (χ4n) is 2.35. The zero-order valence-corrected chi connectivity index (χ0v) is 12.2. The lowest BCUT2D eigenvalue weighted by Gasteiger charge is -2.12. The molecule has 0 saturated heterocycles. The molecule has 0 aliphatic rings. The number of Topliss-reactive ketones (excluding diaryl/α,β-unsaturated/α-hetero) is 1. The number of hydrogen-bond donors (Lipinski definition) is 0. The third-order valence-electron chi connectivity index (χ3n) is 3.43. The van der Waals surface area contributed by atoms with Gasteiger partial charge in [-0.05, 0) is 31.0 Å². The molecule has 0 N–H and O–H groups in total. The molecule has 0 bridgehead atoms. The molecule has 0 amide bonds. The Morgan fingerprint density at radius 3 is 2.60 bits per heavy atom. The van der Waals surface area contributed by atoms with Gasteiger partial charge in [0, 0.05) is 11.5 Å². The lowest BCUT2D eigenvalue weighted by atomic mass is 9.92. The number of ketones is 1. The van der Waals surface area contributed by atoms with Gasteiger partial charge in [-0.15, -0.1) is 0 Å². The standard InChI is InChI=1S/C18H20O2/c1-13-6-4-7-15(10-13)11-14(2)18(19)16-8-5-9-17(12-16)20-3/h4-10,12,14H,11H2,1-3H3. The van der Waals surface area contributed by atoms with E-state index in [1.54, 1.807) is 13.2 Å². The first-order chi connectivity index (χ1) is 9.60. The molecule has 104 valence electrons. The molecule has 2 nitrogen and oxygen atoms in total. The van der Waals surface area contributed by atoms with Crippen LogP contribution in [0.4, 0.5) is 0 Å². The average molecular weight is 268 g/mol. The van der Waals surface area contributed by atoms with Gasteiger partial charge >= 0.3 is 0 Å². The van der Waals surface area contributed by atoms with E-state index in [0.29, 0.717) is 5.56 Å². The summed E-state index contributed by atoms with van der Waals surface area (Å²) in [5.41, 5.74) is 3.14. The van der Waals surface area contributed by atoms with Crippen molar-refractivity contribution in [2.75, 3.05) is 7.11 Å². The van der Waals surface area contributed by atoms with Crippen LogP contribution in [0, 0.1) is 12.8 Å². The van der Waals surface area contributed by atoms with Crippen molar-refractivity contribution >= 4 is 5.78 Å². The van der Waals surface area contributed by atoms with Crippen LogP contribution in [-0.4, -0.2) is 12.9 Å². The number of aryl methyl sites for hydroxylation is 1. The van der Waals surface area contributed by atoms with Crippen molar-refractivity contribution in [3.63, 3.8) is 0 Å². The Balaban J connectivity index is 2.12. The number of ether oxygens (including phenoxy) is 1. The van der Waals surface area contributed by atoms with Crippen LogP contribution in [0.5, 0.6) is 5.75 Å². The smallest absolute Gasteiger partial charge is 0.166 e. The number of methoxy groups -OCH3 is 1. The molecule has 1 unspecified atom stereocenters. The van der Waals surface area contributed by atoms with Crippen molar-refractivity contribution < 1.29 is 9.53 Å². The van der Waals surface area contributed by atoms with E-state index in [4.69, 9.17) is 4.74 Å². The third kappa shape index (κ3) is 3.47. The van der Waals surface area contributed by atoms with Crippen LogP contribution in [-0.2, 0) is 6.42 Å². The van der Waals surface area contributed by atoms with Gasteiger partial charge in [-0.2, -0.15) is 0 Å². The first-order valence-electron chi connectivity index (χ1n) is 6.84. The maximum atomic E-state index is 12.4. The zero-order chi connectivity index (χ0) is 14.5. The summed E-state index contributed by atoms with van der Waals surface area (Å²) in [6, 6.07) is 15.7. The highest BCUT2D eigenvalue weighted by molar-refractivity contribution is 5.98.